The van der Waals surface area contributed by atoms with Crippen LogP contribution in [0.5, 0.6) is 11.5 Å². The highest BCUT2D eigenvalue weighted by Crippen LogP contribution is 2.38. The van der Waals surface area contributed by atoms with Crippen molar-refractivity contribution in [1.82, 2.24) is 19.5 Å². The van der Waals surface area contributed by atoms with E-state index in [1.165, 1.54) is 12.1 Å². The third-order valence-corrected chi connectivity index (χ3v) is 6.41. The number of hydrogen-bond donors (Lipinski definition) is 1. The van der Waals surface area contributed by atoms with Crippen LogP contribution >= 0.6 is 0 Å². The minimum atomic E-state index is -1.15. The van der Waals surface area contributed by atoms with Crippen LogP contribution in [-0.2, 0) is 10.5 Å². The van der Waals surface area contributed by atoms with Crippen LogP contribution in [0.1, 0.15) is 28.8 Å². The van der Waals surface area contributed by atoms with Gasteiger partial charge < -0.3 is 14.7 Å². The standard InChI is InChI=1S/C25H23FN4O4/c1-33-20-10-4-17(5-11-20)22-27-28-23-21(3-2-14-30(22)23)24(32)29-15-12-25(34-26,13-16-29)18-6-8-19(31)9-7-18/h2-11,14,31H,12-13,15-16H2,1H3. The Morgan fingerprint density at radius 3 is 2.38 bits per heavy atom. The van der Waals surface area contributed by atoms with Crippen LogP contribution < -0.4 is 4.74 Å². The van der Waals surface area contributed by atoms with Gasteiger partial charge in [-0.15, -0.1) is 10.2 Å². The largest absolute Gasteiger partial charge is 0.508 e. The van der Waals surface area contributed by atoms with Crippen molar-refractivity contribution in [3.63, 3.8) is 0 Å². The highest BCUT2D eigenvalue weighted by Gasteiger charge is 2.40. The van der Waals surface area contributed by atoms with Crippen LogP contribution in [0, 0.1) is 0 Å². The number of benzene rings is 2. The molecular formula is C25H23FN4O4. The van der Waals surface area contributed by atoms with Crippen molar-refractivity contribution in [3.05, 3.63) is 78.0 Å². The van der Waals surface area contributed by atoms with Gasteiger partial charge in [-0.25, -0.2) is 0 Å². The van der Waals surface area contributed by atoms with Crippen molar-refractivity contribution in [3.8, 4) is 22.9 Å². The molecule has 4 aromatic rings. The first kappa shape index (κ1) is 21.8. The van der Waals surface area contributed by atoms with E-state index in [2.05, 4.69) is 15.1 Å². The average molecular weight is 462 g/mol. The molecule has 1 fully saturated rings. The molecule has 34 heavy (non-hydrogen) atoms. The molecule has 5 rings (SSSR count). The van der Waals surface area contributed by atoms with Crippen molar-refractivity contribution in [2.45, 2.75) is 18.4 Å². The van der Waals surface area contributed by atoms with E-state index >= 15 is 0 Å². The minimum Gasteiger partial charge on any atom is -0.508 e. The fraction of sp³-hybridized carbons (Fsp3) is 0.240. The summed E-state index contributed by atoms with van der Waals surface area (Å²) >= 11 is 0. The Hall–Kier alpha value is -3.98. The summed E-state index contributed by atoms with van der Waals surface area (Å²) in [4.78, 5) is 19.5. The first-order chi connectivity index (χ1) is 16.5. The van der Waals surface area contributed by atoms with Gasteiger partial charge in [0, 0.05) is 37.7 Å². The molecule has 1 N–H and O–H groups in total. The van der Waals surface area contributed by atoms with Crippen molar-refractivity contribution < 1.29 is 24.1 Å². The van der Waals surface area contributed by atoms with Gasteiger partial charge in [0.1, 0.15) is 17.1 Å². The van der Waals surface area contributed by atoms with Crippen LogP contribution in [0.4, 0.5) is 4.53 Å². The Kier molecular flexibility index (Phi) is 5.62. The molecule has 0 saturated carbocycles. The second-order valence-corrected chi connectivity index (χ2v) is 8.28. The molecule has 174 valence electrons. The molecule has 0 radical (unpaired) electrons. The van der Waals surface area contributed by atoms with Gasteiger partial charge in [-0.2, -0.15) is 4.94 Å². The van der Waals surface area contributed by atoms with E-state index in [1.54, 1.807) is 40.7 Å². The molecule has 1 amide bonds. The van der Waals surface area contributed by atoms with E-state index < -0.39 is 5.60 Å². The molecular weight excluding hydrogens is 439 g/mol. The van der Waals surface area contributed by atoms with E-state index in [0.29, 0.717) is 35.7 Å². The number of carbonyl (C=O) groups is 1. The van der Waals surface area contributed by atoms with E-state index in [9.17, 15) is 14.4 Å². The third kappa shape index (κ3) is 3.73. The Balaban J connectivity index is 1.39. The normalized spacial score (nSPS) is 15.4. The smallest absolute Gasteiger partial charge is 0.257 e. The Morgan fingerprint density at radius 2 is 1.74 bits per heavy atom. The van der Waals surface area contributed by atoms with Gasteiger partial charge in [-0.05, 0) is 58.6 Å². The number of rotatable bonds is 5. The van der Waals surface area contributed by atoms with Crippen LogP contribution in [0.2, 0.25) is 0 Å². The number of pyridine rings is 1. The number of phenolic OH excluding ortho intramolecular Hbond substituents is 1. The second kappa shape index (κ2) is 8.75. The maximum atomic E-state index is 13.7. The molecule has 2 aromatic heterocycles. The predicted molar refractivity (Wildman–Crippen MR) is 122 cm³/mol. The number of methoxy groups -OCH3 is 1. The lowest BCUT2D eigenvalue weighted by molar-refractivity contribution is -0.256. The summed E-state index contributed by atoms with van der Waals surface area (Å²) in [5, 5.41) is 18.1. The molecule has 0 unspecified atom stereocenters. The third-order valence-electron chi connectivity index (χ3n) is 6.41. The highest BCUT2D eigenvalue weighted by molar-refractivity contribution is 6.00. The van der Waals surface area contributed by atoms with Crippen LogP contribution in [-0.4, -0.2) is 50.7 Å². The number of ether oxygens (including phenoxy) is 1. The van der Waals surface area contributed by atoms with Crippen LogP contribution in [0.3, 0.4) is 0 Å². The van der Waals surface area contributed by atoms with Crippen molar-refractivity contribution in [2.75, 3.05) is 20.2 Å². The molecule has 8 nitrogen and oxygen atoms in total. The number of piperidine rings is 1. The number of fused-ring (bicyclic) bond motifs is 1. The molecule has 1 aliphatic rings. The Bertz CT molecular complexity index is 1310. The van der Waals surface area contributed by atoms with Crippen LogP contribution in [0.25, 0.3) is 17.0 Å². The molecule has 0 aliphatic carbocycles. The molecule has 0 atom stereocenters. The van der Waals surface area contributed by atoms with Gasteiger partial charge in [0.15, 0.2) is 11.5 Å². The minimum absolute atomic E-state index is 0.0979. The number of halogens is 1. The number of hydrogen-bond acceptors (Lipinski definition) is 6. The maximum Gasteiger partial charge on any atom is 0.257 e. The summed E-state index contributed by atoms with van der Waals surface area (Å²) in [5.74, 6) is 1.25. The van der Waals surface area contributed by atoms with Gasteiger partial charge in [0.2, 0.25) is 0 Å². The first-order valence-corrected chi connectivity index (χ1v) is 10.9. The summed E-state index contributed by atoms with van der Waals surface area (Å²) in [5.41, 5.74) is 1.20. The number of amides is 1. The van der Waals surface area contributed by atoms with Crippen molar-refractivity contribution in [1.29, 1.82) is 0 Å². The maximum absolute atomic E-state index is 13.7. The summed E-state index contributed by atoms with van der Waals surface area (Å²) in [7, 11) is 1.61. The topological polar surface area (TPSA) is 89.2 Å². The zero-order valence-corrected chi connectivity index (χ0v) is 18.5. The molecule has 0 bridgehead atoms. The summed E-state index contributed by atoms with van der Waals surface area (Å²) < 4.78 is 20.7. The highest BCUT2D eigenvalue weighted by atomic mass is 19.3. The Labute approximate surface area is 195 Å². The lowest BCUT2D eigenvalue weighted by atomic mass is 9.84. The predicted octanol–water partition coefficient (Wildman–Crippen LogP) is 4.14. The van der Waals surface area contributed by atoms with Gasteiger partial charge in [0.05, 0.1) is 12.7 Å². The Morgan fingerprint density at radius 1 is 1.03 bits per heavy atom. The van der Waals surface area contributed by atoms with Gasteiger partial charge in [-0.1, -0.05) is 12.1 Å². The van der Waals surface area contributed by atoms with Crippen molar-refractivity contribution >= 4 is 11.6 Å². The second-order valence-electron chi connectivity index (χ2n) is 8.28. The molecule has 1 aliphatic heterocycles. The average Bonchev–Trinajstić information content (AvgIpc) is 3.33. The van der Waals surface area contributed by atoms with Gasteiger partial charge in [-0.3, -0.25) is 9.20 Å². The lowest BCUT2D eigenvalue weighted by Crippen LogP contribution is -2.45. The number of likely N-dealkylation sites (tertiary alicyclic amines) is 1. The van der Waals surface area contributed by atoms with Crippen molar-refractivity contribution in [2.24, 2.45) is 0 Å². The molecule has 0 spiro atoms. The fourth-order valence-electron chi connectivity index (χ4n) is 4.44. The summed E-state index contributed by atoms with van der Waals surface area (Å²) in [6.45, 7) is 0.619. The first-order valence-electron chi connectivity index (χ1n) is 10.9. The number of carbonyl (C=O) groups excluding carboxylic acids is 1. The molecule has 2 aromatic carbocycles. The van der Waals surface area contributed by atoms with Gasteiger partial charge in [0.25, 0.3) is 5.91 Å². The lowest BCUT2D eigenvalue weighted by Gasteiger charge is -2.39. The monoisotopic (exact) mass is 462 g/mol. The SMILES string of the molecule is COc1ccc(-c2nnc3c(C(=O)N4CCC(OF)(c5ccc(O)cc5)CC4)cccn23)cc1. The zero-order valence-electron chi connectivity index (χ0n) is 18.5. The summed E-state index contributed by atoms with van der Waals surface area (Å²) in [6, 6.07) is 17.2. The quantitative estimate of drug-likeness (QED) is 0.480. The fourth-order valence-corrected chi connectivity index (χ4v) is 4.44. The van der Waals surface area contributed by atoms with E-state index in [0.717, 1.165) is 11.3 Å². The number of phenols is 1. The number of nitrogens with zero attached hydrogens (tertiary/aromatic N) is 4. The van der Waals surface area contributed by atoms with Crippen LogP contribution in [0.15, 0.2) is 66.9 Å². The summed E-state index contributed by atoms with van der Waals surface area (Å²) in [6.07, 6.45) is 2.38. The van der Waals surface area contributed by atoms with E-state index in [-0.39, 0.29) is 24.5 Å². The van der Waals surface area contributed by atoms with E-state index in [1.807, 2.05) is 30.5 Å². The molecule has 9 heteroatoms. The molecule has 1 saturated heterocycles. The zero-order chi connectivity index (χ0) is 23.7. The number of aromatic nitrogens is 3. The van der Waals surface area contributed by atoms with Gasteiger partial charge >= 0.3 is 0 Å². The molecule has 3 heterocycles. The van der Waals surface area contributed by atoms with E-state index in [4.69, 9.17) is 4.74 Å². The number of aromatic hydroxyl groups is 1.